The number of benzene rings is 6. The summed E-state index contributed by atoms with van der Waals surface area (Å²) in [5, 5.41) is 2.69. The SMILES string of the molecule is CC(C)(C)c1ccc(N2c3ccc(C(C)(C)C)cc3B3c4ccccc4-c4cc(-c5cccc6sc7ccccc7c56)cc2c43)cc1. The minimum absolute atomic E-state index is 0.0568. The highest BCUT2D eigenvalue weighted by molar-refractivity contribution is 7.26. The summed E-state index contributed by atoms with van der Waals surface area (Å²) in [5.74, 6) is 0. The number of hydrogen-bond acceptors (Lipinski definition) is 2. The number of anilines is 3. The minimum Gasteiger partial charge on any atom is -0.311 e. The molecule has 6 aromatic carbocycles. The molecule has 9 rings (SSSR count). The number of thiophene rings is 1. The van der Waals surface area contributed by atoms with E-state index in [9.17, 15) is 0 Å². The van der Waals surface area contributed by atoms with Crippen molar-refractivity contribution in [2.45, 2.75) is 52.4 Å². The highest BCUT2D eigenvalue weighted by atomic mass is 32.1. The molecule has 0 saturated carbocycles. The molecular weight excluding hydrogens is 585 g/mol. The normalized spacial score (nSPS) is 13.7. The molecule has 0 aliphatic carbocycles. The summed E-state index contributed by atoms with van der Waals surface area (Å²) >= 11 is 1.89. The number of fused-ring (bicyclic) bond motifs is 8. The summed E-state index contributed by atoms with van der Waals surface area (Å²) < 4.78 is 2.68. The summed E-state index contributed by atoms with van der Waals surface area (Å²) in [6, 6.07) is 46.3. The molecule has 0 N–H and O–H groups in total. The van der Waals surface area contributed by atoms with Gasteiger partial charge in [0.2, 0.25) is 6.71 Å². The van der Waals surface area contributed by atoms with E-state index in [1.165, 1.54) is 87.0 Å². The van der Waals surface area contributed by atoms with Crippen LogP contribution in [0.25, 0.3) is 42.4 Å². The molecule has 2 aliphatic rings. The van der Waals surface area contributed by atoms with Crippen LogP contribution in [0.1, 0.15) is 52.7 Å². The van der Waals surface area contributed by atoms with Crippen LogP contribution >= 0.6 is 11.3 Å². The van der Waals surface area contributed by atoms with Gasteiger partial charge < -0.3 is 4.90 Å². The van der Waals surface area contributed by atoms with Crippen LogP contribution in [0.2, 0.25) is 0 Å². The average molecular weight is 624 g/mol. The third-order valence-corrected chi connectivity index (χ3v) is 11.5. The first kappa shape index (κ1) is 28.6. The predicted octanol–water partition coefficient (Wildman–Crippen LogP) is 10.6. The van der Waals surface area contributed by atoms with E-state index >= 15 is 0 Å². The Hall–Kier alpha value is -4.60. The van der Waals surface area contributed by atoms with Crippen molar-refractivity contribution in [3.8, 4) is 22.3 Å². The molecule has 228 valence electrons. The molecule has 7 aromatic rings. The van der Waals surface area contributed by atoms with Crippen molar-refractivity contribution in [3.63, 3.8) is 0 Å². The molecule has 3 heterocycles. The van der Waals surface area contributed by atoms with Crippen molar-refractivity contribution in [1.29, 1.82) is 0 Å². The molecule has 0 fully saturated rings. The van der Waals surface area contributed by atoms with Gasteiger partial charge in [0.15, 0.2) is 0 Å². The summed E-state index contributed by atoms with van der Waals surface area (Å²) in [5.41, 5.74) is 16.2. The fourth-order valence-corrected chi connectivity index (χ4v) is 9.10. The molecule has 3 heteroatoms. The average Bonchev–Trinajstić information content (AvgIpc) is 3.61. The van der Waals surface area contributed by atoms with Crippen molar-refractivity contribution in [2.24, 2.45) is 0 Å². The highest BCUT2D eigenvalue weighted by Gasteiger charge is 2.43. The molecular formula is C44H38BNS. The molecule has 2 aliphatic heterocycles. The van der Waals surface area contributed by atoms with Crippen LogP contribution in [0.3, 0.4) is 0 Å². The summed E-state index contributed by atoms with van der Waals surface area (Å²) in [7, 11) is 0. The topological polar surface area (TPSA) is 3.24 Å². The Labute approximate surface area is 282 Å². The van der Waals surface area contributed by atoms with Gasteiger partial charge in [0.1, 0.15) is 0 Å². The third-order valence-electron chi connectivity index (χ3n) is 10.4. The van der Waals surface area contributed by atoms with Gasteiger partial charge >= 0.3 is 0 Å². The van der Waals surface area contributed by atoms with E-state index in [0.29, 0.717) is 0 Å². The van der Waals surface area contributed by atoms with Crippen LogP contribution in [0, 0.1) is 0 Å². The van der Waals surface area contributed by atoms with Gasteiger partial charge in [-0.15, -0.1) is 11.3 Å². The first-order valence-corrected chi connectivity index (χ1v) is 17.6. The van der Waals surface area contributed by atoms with Crippen molar-refractivity contribution in [2.75, 3.05) is 4.90 Å². The van der Waals surface area contributed by atoms with Gasteiger partial charge in [0, 0.05) is 37.2 Å². The van der Waals surface area contributed by atoms with Crippen molar-refractivity contribution in [3.05, 3.63) is 132 Å². The molecule has 1 nitrogen and oxygen atoms in total. The maximum atomic E-state index is 2.55. The Kier molecular flexibility index (Phi) is 6.06. The van der Waals surface area contributed by atoms with E-state index in [1.54, 1.807) is 0 Å². The van der Waals surface area contributed by atoms with Gasteiger partial charge in [0.25, 0.3) is 0 Å². The van der Waals surface area contributed by atoms with E-state index in [4.69, 9.17) is 0 Å². The second-order valence-corrected chi connectivity index (χ2v) is 16.5. The van der Waals surface area contributed by atoms with E-state index < -0.39 is 0 Å². The molecule has 0 atom stereocenters. The predicted molar refractivity (Wildman–Crippen MR) is 207 cm³/mol. The molecule has 0 spiro atoms. The molecule has 0 bridgehead atoms. The molecule has 1 aromatic heterocycles. The lowest BCUT2D eigenvalue weighted by Crippen LogP contribution is -2.55. The van der Waals surface area contributed by atoms with Crippen molar-refractivity contribution >= 4 is 71.7 Å². The van der Waals surface area contributed by atoms with Crippen molar-refractivity contribution in [1.82, 2.24) is 0 Å². The second kappa shape index (κ2) is 9.95. The number of hydrogen-bond donors (Lipinski definition) is 0. The Bertz CT molecular complexity index is 2380. The fraction of sp³-hybridized carbons (Fsp3) is 0.182. The Balaban J connectivity index is 1.37. The monoisotopic (exact) mass is 623 g/mol. The summed E-state index contributed by atoms with van der Waals surface area (Å²) in [6.45, 7) is 14.0. The van der Waals surface area contributed by atoms with Gasteiger partial charge in [-0.3, -0.25) is 0 Å². The van der Waals surface area contributed by atoms with Crippen LogP contribution in [0.4, 0.5) is 17.1 Å². The van der Waals surface area contributed by atoms with Gasteiger partial charge in [-0.1, -0.05) is 126 Å². The Morgan fingerprint density at radius 2 is 1.21 bits per heavy atom. The molecule has 47 heavy (non-hydrogen) atoms. The highest BCUT2D eigenvalue weighted by Crippen LogP contribution is 2.46. The van der Waals surface area contributed by atoms with E-state index in [-0.39, 0.29) is 17.5 Å². The third kappa shape index (κ3) is 4.29. The Morgan fingerprint density at radius 3 is 2.00 bits per heavy atom. The van der Waals surface area contributed by atoms with E-state index in [2.05, 4.69) is 168 Å². The quantitative estimate of drug-likeness (QED) is 0.173. The molecule has 0 unspecified atom stereocenters. The van der Waals surface area contributed by atoms with Crippen LogP contribution in [-0.4, -0.2) is 6.71 Å². The molecule has 0 saturated heterocycles. The van der Waals surface area contributed by atoms with Gasteiger partial charge in [-0.25, -0.2) is 0 Å². The zero-order valence-electron chi connectivity index (χ0n) is 28.0. The first-order chi connectivity index (χ1) is 22.6. The van der Waals surface area contributed by atoms with E-state index in [1.807, 2.05) is 11.3 Å². The molecule has 0 amide bonds. The smallest absolute Gasteiger partial charge is 0.248 e. The van der Waals surface area contributed by atoms with Gasteiger partial charge in [-0.05, 0) is 97.6 Å². The zero-order valence-corrected chi connectivity index (χ0v) is 28.8. The second-order valence-electron chi connectivity index (χ2n) is 15.4. The number of nitrogens with zero attached hydrogens (tertiary/aromatic N) is 1. The largest absolute Gasteiger partial charge is 0.311 e. The van der Waals surface area contributed by atoms with Gasteiger partial charge in [-0.2, -0.15) is 0 Å². The summed E-state index contributed by atoms with van der Waals surface area (Å²) in [4.78, 5) is 2.55. The lowest BCUT2D eigenvalue weighted by atomic mass is 9.37. The lowest BCUT2D eigenvalue weighted by molar-refractivity contribution is 0.590. The molecule has 0 radical (unpaired) electrons. The maximum Gasteiger partial charge on any atom is 0.248 e. The zero-order chi connectivity index (χ0) is 32.2. The van der Waals surface area contributed by atoms with Crippen LogP contribution < -0.4 is 21.3 Å². The van der Waals surface area contributed by atoms with Gasteiger partial charge in [0.05, 0.1) is 0 Å². The minimum atomic E-state index is 0.0568. The lowest BCUT2D eigenvalue weighted by Gasteiger charge is -2.37. The van der Waals surface area contributed by atoms with Crippen LogP contribution in [0.15, 0.2) is 121 Å². The standard InChI is InChI=1S/C44H38BNS/c1-43(2,3)28-18-21-30(22-19-28)46-37-23-20-29(44(4,5)6)26-36(37)45-35-15-9-7-12-32(35)34-24-27(25-38(46)42(34)45)31-14-11-17-40-41(31)33-13-8-10-16-39(33)47-40/h7-26H,1-6H3. The number of rotatable bonds is 2. The maximum absolute atomic E-state index is 2.55. The fourth-order valence-electron chi connectivity index (χ4n) is 7.97. The van der Waals surface area contributed by atoms with E-state index in [0.717, 1.165) is 0 Å². The van der Waals surface area contributed by atoms with Crippen LogP contribution in [0.5, 0.6) is 0 Å². The van der Waals surface area contributed by atoms with Crippen molar-refractivity contribution < 1.29 is 0 Å². The summed E-state index contributed by atoms with van der Waals surface area (Å²) in [6.07, 6.45) is 0. The Morgan fingerprint density at radius 1 is 0.532 bits per heavy atom. The first-order valence-electron chi connectivity index (χ1n) is 16.8. The van der Waals surface area contributed by atoms with Crippen LogP contribution in [-0.2, 0) is 10.8 Å².